The van der Waals surface area contributed by atoms with E-state index in [1.165, 1.54) is 0 Å². The first-order valence-corrected chi connectivity index (χ1v) is 5.37. The van der Waals surface area contributed by atoms with Gasteiger partial charge in [-0.2, -0.15) is 0 Å². The van der Waals surface area contributed by atoms with Crippen LogP contribution >= 0.6 is 0 Å². The van der Waals surface area contributed by atoms with Gasteiger partial charge in [0.25, 0.3) is 0 Å². The van der Waals surface area contributed by atoms with Crippen LogP contribution in [0.25, 0.3) is 0 Å². The molecule has 92 valence electrons. The van der Waals surface area contributed by atoms with E-state index in [1.54, 1.807) is 0 Å². The van der Waals surface area contributed by atoms with Gasteiger partial charge in [-0.3, -0.25) is 4.90 Å². The van der Waals surface area contributed by atoms with Crippen LogP contribution in [0.5, 0.6) is 0 Å². The molecule has 0 bridgehead atoms. The summed E-state index contributed by atoms with van der Waals surface area (Å²) >= 11 is 0. The Kier molecular flexibility index (Phi) is 8.94. The summed E-state index contributed by atoms with van der Waals surface area (Å²) in [5.74, 6) is 0. The molecular weight excluding hydrogens is 196 g/mol. The first kappa shape index (κ1) is 14.8. The van der Waals surface area contributed by atoms with Gasteiger partial charge < -0.3 is 20.2 Å². The smallest absolute Gasteiger partial charge is 0.0587 e. The summed E-state index contributed by atoms with van der Waals surface area (Å²) in [5, 5.41) is 27.0. The Bertz CT molecular complexity index is 139. The molecule has 0 aromatic carbocycles. The van der Waals surface area contributed by atoms with Crippen molar-refractivity contribution in [3.05, 3.63) is 0 Å². The maximum Gasteiger partial charge on any atom is 0.0587 e. The average molecular weight is 220 g/mol. The molecule has 15 heavy (non-hydrogen) atoms. The second kappa shape index (κ2) is 9.06. The predicted octanol–water partition coefficient (Wildman–Crippen LogP) is -1.41. The zero-order valence-corrected chi connectivity index (χ0v) is 9.76. The van der Waals surface area contributed by atoms with E-state index in [-0.39, 0.29) is 25.9 Å². The van der Waals surface area contributed by atoms with E-state index in [1.807, 2.05) is 19.0 Å². The van der Waals surface area contributed by atoms with Crippen LogP contribution in [-0.2, 0) is 0 Å². The van der Waals surface area contributed by atoms with Crippen LogP contribution in [0.3, 0.4) is 0 Å². The van der Waals surface area contributed by atoms with Crippen molar-refractivity contribution in [2.45, 2.75) is 12.5 Å². The maximum atomic E-state index is 9.24. The van der Waals surface area contributed by atoms with Crippen LogP contribution in [0, 0.1) is 0 Å². The van der Waals surface area contributed by atoms with Crippen LogP contribution in [0.1, 0.15) is 6.42 Å². The number of aliphatic hydroxyl groups excluding tert-OH is 3. The molecule has 0 heterocycles. The molecule has 3 N–H and O–H groups in total. The monoisotopic (exact) mass is 220 g/mol. The minimum absolute atomic E-state index is 0.0201. The lowest BCUT2D eigenvalue weighted by Crippen LogP contribution is -2.43. The molecule has 0 aliphatic rings. The SMILES string of the molecule is CN(C)CCC(CO)N(CCO)CCO. The molecule has 5 nitrogen and oxygen atoms in total. The van der Waals surface area contributed by atoms with Crippen molar-refractivity contribution in [3.8, 4) is 0 Å². The van der Waals surface area contributed by atoms with E-state index >= 15 is 0 Å². The van der Waals surface area contributed by atoms with E-state index < -0.39 is 0 Å². The fraction of sp³-hybridized carbons (Fsp3) is 1.00. The highest BCUT2D eigenvalue weighted by Gasteiger charge is 2.16. The van der Waals surface area contributed by atoms with Gasteiger partial charge in [0.1, 0.15) is 0 Å². The van der Waals surface area contributed by atoms with E-state index in [0.717, 1.165) is 13.0 Å². The molecule has 0 aliphatic heterocycles. The van der Waals surface area contributed by atoms with Crippen molar-refractivity contribution in [3.63, 3.8) is 0 Å². The summed E-state index contributed by atoms with van der Waals surface area (Å²) < 4.78 is 0. The predicted molar refractivity (Wildman–Crippen MR) is 59.8 cm³/mol. The maximum absolute atomic E-state index is 9.24. The van der Waals surface area contributed by atoms with Crippen molar-refractivity contribution in [1.29, 1.82) is 0 Å². The van der Waals surface area contributed by atoms with Crippen molar-refractivity contribution < 1.29 is 15.3 Å². The fourth-order valence-corrected chi connectivity index (χ4v) is 1.53. The molecule has 0 amide bonds. The van der Waals surface area contributed by atoms with Crippen molar-refractivity contribution in [2.75, 3.05) is 53.6 Å². The third-order valence-electron chi connectivity index (χ3n) is 2.41. The Morgan fingerprint density at radius 3 is 1.80 bits per heavy atom. The van der Waals surface area contributed by atoms with Crippen LogP contribution in [0.15, 0.2) is 0 Å². The second-order valence-corrected chi connectivity index (χ2v) is 3.91. The van der Waals surface area contributed by atoms with Gasteiger partial charge in [0, 0.05) is 19.1 Å². The Labute approximate surface area is 91.9 Å². The van der Waals surface area contributed by atoms with Gasteiger partial charge in [-0.05, 0) is 27.1 Å². The normalized spacial score (nSPS) is 13.8. The summed E-state index contributed by atoms with van der Waals surface area (Å²) in [7, 11) is 3.97. The molecular formula is C10H24N2O3. The molecule has 0 aliphatic carbocycles. The van der Waals surface area contributed by atoms with Crippen molar-refractivity contribution >= 4 is 0 Å². The number of nitrogens with zero attached hydrogens (tertiary/aromatic N) is 2. The molecule has 1 unspecified atom stereocenters. The summed E-state index contributed by atoms with van der Waals surface area (Å²) in [6.07, 6.45) is 0.837. The van der Waals surface area contributed by atoms with Gasteiger partial charge >= 0.3 is 0 Å². The molecule has 0 spiro atoms. The quantitative estimate of drug-likeness (QED) is 0.445. The summed E-state index contributed by atoms with van der Waals surface area (Å²) in [5.41, 5.74) is 0. The molecule has 0 saturated heterocycles. The number of hydrogen-bond donors (Lipinski definition) is 3. The van der Waals surface area contributed by atoms with E-state index in [9.17, 15) is 5.11 Å². The van der Waals surface area contributed by atoms with Gasteiger partial charge in [0.2, 0.25) is 0 Å². The minimum Gasteiger partial charge on any atom is -0.395 e. The first-order valence-electron chi connectivity index (χ1n) is 5.37. The third kappa shape index (κ3) is 6.81. The Hall–Kier alpha value is -0.200. The fourth-order valence-electron chi connectivity index (χ4n) is 1.53. The second-order valence-electron chi connectivity index (χ2n) is 3.91. The van der Waals surface area contributed by atoms with Crippen LogP contribution in [0.2, 0.25) is 0 Å². The highest BCUT2D eigenvalue weighted by Crippen LogP contribution is 2.04. The molecule has 1 atom stereocenters. The van der Waals surface area contributed by atoms with E-state index in [0.29, 0.717) is 13.1 Å². The van der Waals surface area contributed by atoms with Gasteiger partial charge in [-0.25, -0.2) is 0 Å². The standard InChI is InChI=1S/C10H24N2O3/c1-11(2)4-3-10(9-15)12(5-7-13)6-8-14/h10,13-15H,3-9H2,1-2H3. The van der Waals surface area contributed by atoms with Crippen LogP contribution in [0.4, 0.5) is 0 Å². The molecule has 0 rings (SSSR count). The Morgan fingerprint density at radius 2 is 1.47 bits per heavy atom. The van der Waals surface area contributed by atoms with E-state index in [2.05, 4.69) is 4.90 Å². The zero-order valence-electron chi connectivity index (χ0n) is 9.76. The highest BCUT2D eigenvalue weighted by molar-refractivity contribution is 4.71. The highest BCUT2D eigenvalue weighted by atomic mass is 16.3. The number of aliphatic hydroxyl groups is 3. The average Bonchev–Trinajstić information content (AvgIpc) is 2.19. The van der Waals surface area contributed by atoms with Gasteiger partial charge in [-0.1, -0.05) is 0 Å². The summed E-state index contributed by atoms with van der Waals surface area (Å²) in [6.45, 7) is 2.06. The first-order chi connectivity index (χ1) is 7.15. The molecule has 5 heteroatoms. The number of hydrogen-bond acceptors (Lipinski definition) is 5. The Balaban J connectivity index is 4.05. The molecule has 0 fully saturated rings. The summed E-state index contributed by atoms with van der Waals surface area (Å²) in [4.78, 5) is 3.97. The van der Waals surface area contributed by atoms with Crippen LogP contribution in [-0.4, -0.2) is 84.7 Å². The zero-order chi connectivity index (χ0) is 11.7. The Morgan fingerprint density at radius 1 is 0.933 bits per heavy atom. The van der Waals surface area contributed by atoms with Crippen LogP contribution < -0.4 is 0 Å². The summed E-state index contributed by atoms with van der Waals surface area (Å²) in [6, 6.07) is 0.0201. The lowest BCUT2D eigenvalue weighted by atomic mass is 10.1. The lowest BCUT2D eigenvalue weighted by Gasteiger charge is -2.30. The topological polar surface area (TPSA) is 67.2 Å². The minimum atomic E-state index is 0.0201. The van der Waals surface area contributed by atoms with Crippen molar-refractivity contribution in [1.82, 2.24) is 9.80 Å². The van der Waals surface area contributed by atoms with E-state index in [4.69, 9.17) is 10.2 Å². The number of rotatable bonds is 9. The third-order valence-corrected chi connectivity index (χ3v) is 2.41. The lowest BCUT2D eigenvalue weighted by molar-refractivity contribution is 0.0756. The van der Waals surface area contributed by atoms with Gasteiger partial charge in [0.15, 0.2) is 0 Å². The molecule has 0 aromatic rings. The molecule has 0 saturated carbocycles. The largest absolute Gasteiger partial charge is 0.395 e. The van der Waals surface area contributed by atoms with Gasteiger partial charge in [0.05, 0.1) is 19.8 Å². The van der Waals surface area contributed by atoms with Gasteiger partial charge in [-0.15, -0.1) is 0 Å². The van der Waals surface area contributed by atoms with Crippen molar-refractivity contribution in [2.24, 2.45) is 0 Å². The molecule has 0 aromatic heterocycles. The molecule has 0 radical (unpaired) electrons.